The smallest absolute Gasteiger partial charge is 0.307 e. The normalized spacial score (nSPS) is 23.1. The molecule has 31 heavy (non-hydrogen) atoms. The maximum atomic E-state index is 13.1. The predicted molar refractivity (Wildman–Crippen MR) is 121 cm³/mol. The van der Waals surface area contributed by atoms with E-state index in [1.807, 2.05) is 32.0 Å². The molecule has 2 aliphatic rings. The van der Waals surface area contributed by atoms with Gasteiger partial charge >= 0.3 is 5.97 Å². The Morgan fingerprint density at radius 1 is 1.10 bits per heavy atom. The Bertz CT molecular complexity index is 1090. The molecular formula is C25H26N2O3S. The second-order valence-electron chi connectivity index (χ2n) is 8.68. The number of aliphatic carboxylic acids is 1. The molecule has 2 N–H and O–H groups in total. The van der Waals surface area contributed by atoms with Crippen LogP contribution in [0.4, 0.5) is 5.00 Å². The monoisotopic (exact) mass is 434 g/mol. The van der Waals surface area contributed by atoms with Crippen LogP contribution in [0.3, 0.4) is 0 Å². The van der Waals surface area contributed by atoms with Gasteiger partial charge in [0.1, 0.15) is 11.1 Å². The second-order valence-corrected chi connectivity index (χ2v) is 9.78. The first-order chi connectivity index (χ1) is 14.9. The highest BCUT2D eigenvalue weighted by molar-refractivity contribution is 7.16. The van der Waals surface area contributed by atoms with Gasteiger partial charge in [-0.2, -0.15) is 5.26 Å². The number of nitriles is 1. The Labute approximate surface area is 186 Å². The average molecular weight is 435 g/mol. The van der Waals surface area contributed by atoms with E-state index in [9.17, 15) is 20.0 Å². The van der Waals surface area contributed by atoms with Gasteiger partial charge in [0, 0.05) is 4.88 Å². The first kappa shape index (κ1) is 21.3. The van der Waals surface area contributed by atoms with Crippen molar-refractivity contribution < 1.29 is 14.7 Å². The number of amides is 1. The quantitative estimate of drug-likeness (QED) is 0.641. The molecule has 0 spiro atoms. The number of carbonyl (C=O) groups excluding carboxylic acids is 1. The number of nitrogens with zero attached hydrogens (tertiary/aromatic N) is 1. The molecule has 0 radical (unpaired) electrons. The van der Waals surface area contributed by atoms with Crippen molar-refractivity contribution in [3.8, 4) is 6.07 Å². The Morgan fingerprint density at radius 2 is 1.77 bits per heavy atom. The Balaban J connectivity index is 1.57. The zero-order valence-electron chi connectivity index (χ0n) is 17.8. The molecule has 2 aromatic rings. The van der Waals surface area contributed by atoms with Gasteiger partial charge in [0.25, 0.3) is 0 Å². The number of carbonyl (C=O) groups is 2. The number of rotatable bonds is 4. The Hall–Kier alpha value is -2.91. The van der Waals surface area contributed by atoms with Crippen molar-refractivity contribution in [2.24, 2.45) is 11.8 Å². The fraction of sp³-hybridized carbons (Fsp3) is 0.400. The summed E-state index contributed by atoms with van der Waals surface area (Å²) in [6.45, 7) is 3.89. The zero-order chi connectivity index (χ0) is 22.1. The lowest BCUT2D eigenvalue weighted by Gasteiger charge is -2.29. The van der Waals surface area contributed by atoms with Crippen LogP contribution in [0.2, 0.25) is 0 Å². The molecule has 3 unspecified atom stereocenters. The van der Waals surface area contributed by atoms with E-state index in [0.717, 1.165) is 40.8 Å². The van der Waals surface area contributed by atoms with Crippen molar-refractivity contribution in [1.82, 2.24) is 0 Å². The van der Waals surface area contributed by atoms with Gasteiger partial charge in [-0.25, -0.2) is 0 Å². The van der Waals surface area contributed by atoms with Crippen molar-refractivity contribution in [3.05, 3.63) is 63.0 Å². The van der Waals surface area contributed by atoms with Gasteiger partial charge in [0.15, 0.2) is 0 Å². The van der Waals surface area contributed by atoms with E-state index in [-0.39, 0.29) is 5.91 Å². The van der Waals surface area contributed by atoms with E-state index in [4.69, 9.17) is 0 Å². The zero-order valence-corrected chi connectivity index (χ0v) is 18.6. The minimum Gasteiger partial charge on any atom is -0.481 e. The van der Waals surface area contributed by atoms with Gasteiger partial charge in [0.2, 0.25) is 5.91 Å². The topological polar surface area (TPSA) is 90.2 Å². The summed E-state index contributed by atoms with van der Waals surface area (Å²) in [4.78, 5) is 26.0. The lowest BCUT2D eigenvalue weighted by atomic mass is 9.76. The first-order valence-corrected chi connectivity index (χ1v) is 11.5. The van der Waals surface area contributed by atoms with E-state index < -0.39 is 17.8 Å². The van der Waals surface area contributed by atoms with Crippen LogP contribution in [-0.4, -0.2) is 17.0 Å². The van der Waals surface area contributed by atoms with Gasteiger partial charge in [-0.1, -0.05) is 41.5 Å². The molecule has 3 atom stereocenters. The summed E-state index contributed by atoms with van der Waals surface area (Å²) < 4.78 is 0. The molecule has 4 rings (SSSR count). The molecule has 1 amide bonds. The summed E-state index contributed by atoms with van der Waals surface area (Å²) >= 11 is 1.47. The van der Waals surface area contributed by atoms with Crippen LogP contribution in [-0.2, 0) is 22.4 Å². The standard InChI is InChI=1S/C25H26N2O3S/c1-14-10-19(20(25(29)30)11-15(14)2)23(28)27-24-21(13-26)18-9-8-17(12-22(18)31-24)16-6-4-3-5-7-16/h3-7,17,19-20H,8-12H2,1-2H3,(H,27,28)(H,29,30). The van der Waals surface area contributed by atoms with E-state index in [2.05, 4.69) is 23.5 Å². The molecule has 0 saturated carbocycles. The van der Waals surface area contributed by atoms with Gasteiger partial charge in [-0.05, 0) is 63.0 Å². The van der Waals surface area contributed by atoms with Crippen LogP contribution >= 0.6 is 11.3 Å². The highest BCUT2D eigenvalue weighted by Gasteiger charge is 2.38. The van der Waals surface area contributed by atoms with Crippen molar-refractivity contribution in [2.75, 3.05) is 5.32 Å². The number of benzene rings is 1. The summed E-state index contributed by atoms with van der Waals surface area (Å²) in [5, 5.41) is 22.9. The molecule has 6 heteroatoms. The molecule has 0 bridgehead atoms. The molecule has 0 aliphatic heterocycles. The largest absolute Gasteiger partial charge is 0.481 e. The van der Waals surface area contributed by atoms with Crippen molar-refractivity contribution in [1.29, 1.82) is 5.26 Å². The minimum absolute atomic E-state index is 0.297. The number of hydrogen-bond acceptors (Lipinski definition) is 4. The lowest BCUT2D eigenvalue weighted by Crippen LogP contribution is -2.36. The SMILES string of the molecule is CC1=C(C)CC(C(=O)Nc2sc3c(c2C#N)CCC(c2ccccc2)C3)C(C(=O)O)C1. The molecule has 0 fully saturated rings. The number of thiophene rings is 1. The molecule has 1 aromatic carbocycles. The summed E-state index contributed by atoms with van der Waals surface area (Å²) in [6, 6.07) is 12.7. The molecule has 2 aliphatic carbocycles. The molecule has 160 valence electrons. The third kappa shape index (κ3) is 4.15. The average Bonchev–Trinajstić information content (AvgIpc) is 3.11. The number of nitrogens with one attached hydrogen (secondary N) is 1. The van der Waals surface area contributed by atoms with Crippen molar-refractivity contribution in [2.45, 2.75) is 51.9 Å². The Morgan fingerprint density at radius 3 is 2.42 bits per heavy atom. The first-order valence-electron chi connectivity index (χ1n) is 10.7. The minimum atomic E-state index is -0.941. The summed E-state index contributed by atoms with van der Waals surface area (Å²) in [5.41, 5.74) is 5.02. The van der Waals surface area contributed by atoms with E-state index >= 15 is 0 Å². The van der Waals surface area contributed by atoms with Crippen LogP contribution in [0.1, 0.15) is 60.6 Å². The fourth-order valence-electron chi connectivity index (χ4n) is 4.83. The van der Waals surface area contributed by atoms with Crippen LogP contribution in [0.15, 0.2) is 41.5 Å². The molecule has 1 heterocycles. The van der Waals surface area contributed by atoms with Crippen LogP contribution < -0.4 is 5.32 Å². The van der Waals surface area contributed by atoms with Crippen LogP contribution in [0.5, 0.6) is 0 Å². The van der Waals surface area contributed by atoms with Crippen molar-refractivity contribution >= 4 is 28.2 Å². The number of hydrogen-bond donors (Lipinski definition) is 2. The molecule has 0 saturated heterocycles. The number of carboxylic acids is 1. The van der Waals surface area contributed by atoms with Gasteiger partial charge in [-0.15, -0.1) is 11.3 Å². The van der Waals surface area contributed by atoms with E-state index in [0.29, 0.717) is 29.3 Å². The number of anilines is 1. The summed E-state index contributed by atoms with van der Waals surface area (Å²) in [5.74, 6) is -2.18. The van der Waals surface area contributed by atoms with E-state index in [1.165, 1.54) is 16.9 Å². The second kappa shape index (κ2) is 8.68. The summed E-state index contributed by atoms with van der Waals surface area (Å²) in [7, 11) is 0. The lowest BCUT2D eigenvalue weighted by molar-refractivity contribution is -0.146. The van der Waals surface area contributed by atoms with E-state index in [1.54, 1.807) is 0 Å². The van der Waals surface area contributed by atoms with Gasteiger partial charge < -0.3 is 10.4 Å². The molecule has 5 nitrogen and oxygen atoms in total. The third-order valence-electron chi connectivity index (χ3n) is 6.81. The Kier molecular flexibility index (Phi) is 5.97. The number of fused-ring (bicyclic) bond motifs is 1. The number of allylic oxidation sites excluding steroid dienone is 2. The van der Waals surface area contributed by atoms with Gasteiger partial charge in [0.05, 0.1) is 17.4 Å². The molecular weight excluding hydrogens is 408 g/mol. The van der Waals surface area contributed by atoms with Crippen molar-refractivity contribution in [3.63, 3.8) is 0 Å². The fourth-order valence-corrected chi connectivity index (χ4v) is 6.11. The third-order valence-corrected chi connectivity index (χ3v) is 7.97. The predicted octanol–water partition coefficient (Wildman–Crippen LogP) is 5.28. The van der Waals surface area contributed by atoms with Crippen LogP contribution in [0.25, 0.3) is 0 Å². The highest BCUT2D eigenvalue weighted by Crippen LogP contribution is 2.43. The maximum Gasteiger partial charge on any atom is 0.307 e. The molecule has 1 aromatic heterocycles. The maximum absolute atomic E-state index is 13.1. The van der Waals surface area contributed by atoms with Gasteiger partial charge in [-0.3, -0.25) is 9.59 Å². The highest BCUT2D eigenvalue weighted by atomic mass is 32.1. The number of carboxylic acid groups (broad SMARTS) is 1. The summed E-state index contributed by atoms with van der Waals surface area (Å²) in [6.07, 6.45) is 3.48. The van der Waals surface area contributed by atoms with Crippen LogP contribution in [0, 0.1) is 23.2 Å².